The highest BCUT2D eigenvalue weighted by atomic mass is 35.5. The molecule has 0 bridgehead atoms. The van der Waals surface area contributed by atoms with Crippen LogP contribution in [0.25, 0.3) is 22.2 Å². The van der Waals surface area contributed by atoms with Gasteiger partial charge in [0.25, 0.3) is 0 Å². The van der Waals surface area contributed by atoms with Gasteiger partial charge in [0, 0.05) is 17.1 Å². The summed E-state index contributed by atoms with van der Waals surface area (Å²) in [5.41, 5.74) is 7.57. The van der Waals surface area contributed by atoms with Gasteiger partial charge in [-0.15, -0.1) is 12.4 Å². The molecule has 1 saturated heterocycles. The summed E-state index contributed by atoms with van der Waals surface area (Å²) in [7, 11) is 0. The number of halogens is 2. The minimum atomic E-state index is -0.131. The lowest BCUT2D eigenvalue weighted by Gasteiger charge is -2.21. The summed E-state index contributed by atoms with van der Waals surface area (Å²) in [4.78, 5) is 6.38. The molecule has 1 aromatic heterocycles. The molecule has 1 aliphatic heterocycles. The number of hydrogen-bond donors (Lipinski definition) is 2. The maximum atomic E-state index is 7.74. The molecule has 1 fully saturated rings. The van der Waals surface area contributed by atoms with Gasteiger partial charge in [-0.1, -0.05) is 47.1 Å². The Bertz CT molecular complexity index is 1290. The number of benzene rings is 3. The first kappa shape index (κ1) is 22.9. The fourth-order valence-electron chi connectivity index (χ4n) is 4.05. The molecule has 0 saturated carbocycles. The highest BCUT2D eigenvalue weighted by Gasteiger charge is 2.31. The van der Waals surface area contributed by atoms with Crippen molar-refractivity contribution in [3.63, 3.8) is 0 Å². The zero-order valence-corrected chi connectivity index (χ0v) is 19.3. The van der Waals surface area contributed by atoms with Gasteiger partial charge in [0.05, 0.1) is 0 Å². The van der Waals surface area contributed by atoms with Crippen molar-refractivity contribution >= 4 is 40.7 Å². The van der Waals surface area contributed by atoms with Crippen molar-refractivity contribution in [3.8, 4) is 17.1 Å². The van der Waals surface area contributed by atoms with E-state index < -0.39 is 0 Å². The highest BCUT2D eigenvalue weighted by Crippen LogP contribution is 2.32. The Morgan fingerprint density at radius 3 is 2.79 bits per heavy atom. The van der Waals surface area contributed by atoms with Crippen molar-refractivity contribution in [1.29, 1.82) is 5.41 Å². The van der Waals surface area contributed by atoms with Crippen LogP contribution in [0.1, 0.15) is 30.3 Å². The van der Waals surface area contributed by atoms with E-state index in [1.165, 1.54) is 0 Å². The molecule has 1 aliphatic rings. The Morgan fingerprint density at radius 1 is 1.15 bits per heavy atom. The van der Waals surface area contributed by atoms with Crippen molar-refractivity contribution < 1.29 is 9.26 Å². The zero-order chi connectivity index (χ0) is 22.1. The molecule has 0 radical (unpaired) electrons. The number of nitrogens with zero attached hydrogens (tertiary/aromatic N) is 3. The van der Waals surface area contributed by atoms with Crippen LogP contribution in [-0.4, -0.2) is 27.5 Å². The summed E-state index contributed by atoms with van der Waals surface area (Å²) in [6, 6.07) is 19.5. The second kappa shape index (κ2) is 9.68. The van der Waals surface area contributed by atoms with E-state index >= 15 is 0 Å². The smallest absolute Gasteiger partial charge is 0.249 e. The SMILES string of the molecule is Cl.N=C(N)N1CCC[C@H]1c1nc(-c2ccc3cc(OCc4cccc(Cl)c4)ccc3c2)no1. The van der Waals surface area contributed by atoms with Gasteiger partial charge in [0.2, 0.25) is 11.7 Å². The molecule has 7 nitrogen and oxygen atoms in total. The number of nitrogens with two attached hydrogens (primary N) is 1. The highest BCUT2D eigenvalue weighted by molar-refractivity contribution is 6.30. The molecule has 4 aromatic rings. The van der Waals surface area contributed by atoms with Crippen molar-refractivity contribution in [2.75, 3.05) is 6.54 Å². The number of aromatic nitrogens is 2. The lowest BCUT2D eigenvalue weighted by molar-refractivity contribution is 0.283. The standard InChI is InChI=1S/C24H22ClN5O2.ClH/c25-19-4-1-3-15(11-19)14-31-20-9-8-16-12-18(7-6-17(16)13-20)22-28-23(32-29-22)21-5-2-10-30(21)24(26)27;/h1,3-4,6-9,11-13,21H,2,5,10,14H2,(H3,26,27);1H/t21-;/m0./s1. The van der Waals surface area contributed by atoms with Gasteiger partial charge in [-0.3, -0.25) is 5.41 Å². The zero-order valence-electron chi connectivity index (χ0n) is 17.7. The largest absolute Gasteiger partial charge is 0.489 e. The number of fused-ring (bicyclic) bond motifs is 1. The first-order valence-electron chi connectivity index (χ1n) is 10.4. The van der Waals surface area contributed by atoms with Crippen LogP contribution in [-0.2, 0) is 6.61 Å². The third-order valence-electron chi connectivity index (χ3n) is 5.65. The molecule has 170 valence electrons. The van der Waals surface area contributed by atoms with Gasteiger partial charge in [-0.25, -0.2) is 0 Å². The number of rotatable bonds is 5. The average Bonchev–Trinajstić information content (AvgIpc) is 3.47. The number of hydrogen-bond acceptors (Lipinski definition) is 5. The Balaban J connectivity index is 0.00000259. The molecule has 0 aliphatic carbocycles. The predicted octanol–water partition coefficient (Wildman–Crippen LogP) is 5.57. The van der Waals surface area contributed by atoms with E-state index in [9.17, 15) is 0 Å². The molecule has 0 amide bonds. The number of likely N-dealkylation sites (tertiary alicyclic amines) is 1. The summed E-state index contributed by atoms with van der Waals surface area (Å²) in [6.07, 6.45) is 1.79. The monoisotopic (exact) mass is 483 g/mol. The molecule has 3 N–H and O–H groups in total. The van der Waals surface area contributed by atoms with Crippen LogP contribution in [0.4, 0.5) is 0 Å². The fourth-order valence-corrected chi connectivity index (χ4v) is 4.26. The van der Waals surface area contributed by atoms with Crippen molar-refractivity contribution in [1.82, 2.24) is 15.0 Å². The van der Waals surface area contributed by atoms with Crippen LogP contribution in [0, 0.1) is 5.41 Å². The second-order valence-electron chi connectivity index (χ2n) is 7.84. The summed E-state index contributed by atoms with van der Waals surface area (Å²) < 4.78 is 11.4. The van der Waals surface area contributed by atoms with Gasteiger partial charge < -0.3 is 19.9 Å². The van der Waals surface area contributed by atoms with E-state index in [2.05, 4.69) is 10.1 Å². The molecule has 0 unspecified atom stereocenters. The van der Waals surface area contributed by atoms with E-state index in [1.807, 2.05) is 60.7 Å². The average molecular weight is 484 g/mol. The van der Waals surface area contributed by atoms with Gasteiger partial charge in [0.1, 0.15) is 18.4 Å². The summed E-state index contributed by atoms with van der Waals surface area (Å²) in [5.74, 6) is 1.85. The summed E-state index contributed by atoms with van der Waals surface area (Å²) in [5, 5.41) is 14.7. The van der Waals surface area contributed by atoms with Gasteiger partial charge in [-0.2, -0.15) is 4.98 Å². The molecule has 3 aromatic carbocycles. The summed E-state index contributed by atoms with van der Waals surface area (Å²) in [6.45, 7) is 1.18. The van der Waals surface area contributed by atoms with Crippen LogP contribution in [0.5, 0.6) is 5.75 Å². The van der Waals surface area contributed by atoms with Crippen LogP contribution in [0.15, 0.2) is 65.2 Å². The first-order valence-corrected chi connectivity index (χ1v) is 10.8. The lowest BCUT2D eigenvalue weighted by Crippen LogP contribution is -2.35. The molecule has 0 spiro atoms. The van der Waals surface area contributed by atoms with E-state index in [-0.39, 0.29) is 24.4 Å². The Morgan fingerprint density at radius 2 is 1.97 bits per heavy atom. The minimum absolute atomic E-state index is 0. The maximum Gasteiger partial charge on any atom is 0.249 e. The number of nitrogens with one attached hydrogen (secondary N) is 1. The summed E-state index contributed by atoms with van der Waals surface area (Å²) >= 11 is 6.04. The molecule has 33 heavy (non-hydrogen) atoms. The van der Waals surface area contributed by atoms with Crippen molar-refractivity contribution in [2.45, 2.75) is 25.5 Å². The molecular formula is C24H23Cl2N5O2. The number of guanidine groups is 1. The van der Waals surface area contributed by atoms with Crippen LogP contribution < -0.4 is 10.5 Å². The Hall–Kier alpha value is -3.29. The fraction of sp³-hybridized carbons (Fsp3) is 0.208. The van der Waals surface area contributed by atoms with Crippen LogP contribution >= 0.6 is 24.0 Å². The minimum Gasteiger partial charge on any atom is -0.489 e. The van der Waals surface area contributed by atoms with Gasteiger partial charge in [0.15, 0.2) is 5.96 Å². The van der Waals surface area contributed by atoms with Gasteiger partial charge >= 0.3 is 0 Å². The molecule has 1 atom stereocenters. The van der Waals surface area contributed by atoms with Crippen molar-refractivity contribution in [2.24, 2.45) is 5.73 Å². The molecule has 9 heteroatoms. The second-order valence-corrected chi connectivity index (χ2v) is 8.27. The lowest BCUT2D eigenvalue weighted by atomic mass is 10.1. The van der Waals surface area contributed by atoms with E-state index in [1.54, 1.807) is 4.90 Å². The molecule has 2 heterocycles. The van der Waals surface area contributed by atoms with Gasteiger partial charge in [-0.05, 0) is 59.5 Å². The third kappa shape index (κ3) is 4.89. The Labute approximate surface area is 202 Å². The third-order valence-corrected chi connectivity index (χ3v) is 5.89. The molecule has 5 rings (SSSR count). The van der Waals surface area contributed by atoms with Crippen LogP contribution in [0.3, 0.4) is 0 Å². The first-order chi connectivity index (χ1) is 15.6. The number of ether oxygens (including phenoxy) is 1. The maximum absolute atomic E-state index is 7.74. The molecular weight excluding hydrogens is 461 g/mol. The van der Waals surface area contributed by atoms with E-state index in [4.69, 9.17) is 32.0 Å². The normalized spacial score (nSPS) is 15.4. The van der Waals surface area contributed by atoms with E-state index in [0.29, 0.717) is 23.3 Å². The predicted molar refractivity (Wildman–Crippen MR) is 131 cm³/mol. The Kier molecular flexibility index (Phi) is 6.72. The quantitative estimate of drug-likeness (QED) is 0.284. The topological polar surface area (TPSA) is 101 Å². The van der Waals surface area contributed by atoms with E-state index in [0.717, 1.165) is 47.0 Å². The van der Waals surface area contributed by atoms with Crippen molar-refractivity contribution in [3.05, 3.63) is 77.1 Å². The van der Waals surface area contributed by atoms with Crippen LogP contribution in [0.2, 0.25) is 5.02 Å².